The summed E-state index contributed by atoms with van der Waals surface area (Å²) in [5, 5.41) is 7.07. The van der Waals surface area contributed by atoms with E-state index in [-0.39, 0.29) is 43.2 Å². The van der Waals surface area contributed by atoms with Gasteiger partial charge in [0.1, 0.15) is 6.54 Å². The number of piperazine rings is 1. The predicted octanol–water partition coefficient (Wildman–Crippen LogP) is 1.20. The van der Waals surface area contributed by atoms with Gasteiger partial charge in [-0.3, -0.25) is 14.3 Å². The molecule has 0 aromatic carbocycles. The predicted molar refractivity (Wildman–Crippen MR) is 111 cm³/mol. The van der Waals surface area contributed by atoms with E-state index in [1.807, 2.05) is 18.7 Å². The van der Waals surface area contributed by atoms with E-state index in [2.05, 4.69) is 22.4 Å². The van der Waals surface area contributed by atoms with Crippen LogP contribution in [0.4, 0.5) is 5.69 Å². The number of hydrogen-bond donors (Lipinski definition) is 2. The maximum absolute atomic E-state index is 12.5. The summed E-state index contributed by atoms with van der Waals surface area (Å²) in [5.74, 6) is -0.0440. The minimum absolute atomic E-state index is 0. The molecule has 0 saturated carbocycles. The van der Waals surface area contributed by atoms with Crippen molar-refractivity contribution in [2.24, 2.45) is 11.1 Å². The van der Waals surface area contributed by atoms with Crippen molar-refractivity contribution in [1.82, 2.24) is 19.6 Å². The van der Waals surface area contributed by atoms with Crippen LogP contribution in [0.25, 0.3) is 0 Å². The molecule has 1 saturated heterocycles. The van der Waals surface area contributed by atoms with Crippen LogP contribution in [0, 0.1) is 5.41 Å². The highest BCUT2D eigenvalue weighted by Gasteiger charge is 2.33. The Morgan fingerprint density at radius 3 is 2.30 bits per heavy atom. The first kappa shape index (κ1) is 25.6. The molecule has 156 valence electrons. The summed E-state index contributed by atoms with van der Waals surface area (Å²) < 4.78 is 1.57. The van der Waals surface area contributed by atoms with Gasteiger partial charge in [-0.25, -0.2) is 0 Å². The number of rotatable bonds is 7. The molecule has 0 radical (unpaired) electrons. The molecule has 1 aromatic rings. The fourth-order valence-electron chi connectivity index (χ4n) is 3.03. The van der Waals surface area contributed by atoms with Crippen molar-refractivity contribution < 1.29 is 9.59 Å². The summed E-state index contributed by atoms with van der Waals surface area (Å²) in [4.78, 5) is 28.9. The van der Waals surface area contributed by atoms with Gasteiger partial charge < -0.3 is 20.9 Å². The van der Waals surface area contributed by atoms with Gasteiger partial charge in [-0.05, 0) is 19.9 Å². The van der Waals surface area contributed by atoms with Crippen molar-refractivity contribution in [3.05, 3.63) is 12.4 Å². The lowest BCUT2D eigenvalue weighted by atomic mass is 9.81. The second-order valence-corrected chi connectivity index (χ2v) is 6.76. The standard InChI is InChI=1S/C17H30N6O2.2ClH/c1-4-17(5-2,13-18)16(25)20-14-10-19-23(11-14)12-15(24)22-8-6-21(3)7-9-22;;/h10-11H,4-9,12-13,18H2,1-3H3,(H,20,25);2*1H. The minimum Gasteiger partial charge on any atom is -0.339 e. The van der Waals surface area contributed by atoms with Crippen LogP contribution in [-0.2, 0) is 16.1 Å². The van der Waals surface area contributed by atoms with Crippen molar-refractivity contribution in [1.29, 1.82) is 0 Å². The lowest BCUT2D eigenvalue weighted by molar-refractivity contribution is -0.133. The summed E-state index contributed by atoms with van der Waals surface area (Å²) in [6, 6.07) is 0. The monoisotopic (exact) mass is 422 g/mol. The van der Waals surface area contributed by atoms with Crippen molar-refractivity contribution in [2.45, 2.75) is 33.2 Å². The zero-order valence-electron chi connectivity index (χ0n) is 16.3. The van der Waals surface area contributed by atoms with Crippen LogP contribution >= 0.6 is 24.8 Å². The molecule has 2 rings (SSSR count). The zero-order chi connectivity index (χ0) is 18.4. The topological polar surface area (TPSA) is 96.5 Å². The highest BCUT2D eigenvalue weighted by molar-refractivity contribution is 5.95. The summed E-state index contributed by atoms with van der Waals surface area (Å²) in [6.07, 6.45) is 4.63. The summed E-state index contributed by atoms with van der Waals surface area (Å²) in [5.41, 5.74) is 5.85. The average Bonchev–Trinajstić information content (AvgIpc) is 3.04. The number of likely N-dealkylation sites (N-methyl/N-ethyl adjacent to an activating group) is 1. The van der Waals surface area contributed by atoms with E-state index in [1.165, 1.54) is 0 Å². The first-order valence-corrected chi connectivity index (χ1v) is 8.94. The average molecular weight is 423 g/mol. The van der Waals surface area contributed by atoms with Crippen molar-refractivity contribution in [2.75, 3.05) is 45.1 Å². The molecule has 0 spiro atoms. The molecule has 1 aromatic heterocycles. The number of hydrogen-bond acceptors (Lipinski definition) is 5. The SMILES string of the molecule is CCC(CC)(CN)C(=O)Nc1cnn(CC(=O)N2CCN(C)CC2)c1.Cl.Cl. The van der Waals surface area contributed by atoms with Gasteiger partial charge in [0, 0.05) is 38.9 Å². The van der Waals surface area contributed by atoms with Gasteiger partial charge in [0.15, 0.2) is 0 Å². The van der Waals surface area contributed by atoms with Gasteiger partial charge in [0.2, 0.25) is 11.8 Å². The number of amides is 2. The van der Waals surface area contributed by atoms with Gasteiger partial charge in [-0.2, -0.15) is 5.10 Å². The Bertz CT molecular complexity index is 590. The van der Waals surface area contributed by atoms with Gasteiger partial charge in [0.25, 0.3) is 0 Å². The van der Waals surface area contributed by atoms with Crippen LogP contribution in [0.2, 0.25) is 0 Å². The molecule has 1 fully saturated rings. The van der Waals surface area contributed by atoms with E-state index in [1.54, 1.807) is 17.1 Å². The van der Waals surface area contributed by atoms with E-state index in [0.717, 1.165) is 26.2 Å². The largest absolute Gasteiger partial charge is 0.339 e. The maximum Gasteiger partial charge on any atom is 0.244 e. The summed E-state index contributed by atoms with van der Waals surface area (Å²) in [6.45, 7) is 7.69. The van der Waals surface area contributed by atoms with Gasteiger partial charge in [-0.15, -0.1) is 24.8 Å². The molecule has 8 nitrogen and oxygen atoms in total. The van der Waals surface area contributed by atoms with Crippen LogP contribution in [0.3, 0.4) is 0 Å². The molecule has 0 atom stereocenters. The first-order valence-electron chi connectivity index (χ1n) is 8.94. The number of nitrogens with zero attached hydrogens (tertiary/aromatic N) is 4. The smallest absolute Gasteiger partial charge is 0.244 e. The molecule has 2 heterocycles. The Hall–Kier alpha value is -1.35. The lowest BCUT2D eigenvalue weighted by Gasteiger charge is -2.32. The fourth-order valence-corrected chi connectivity index (χ4v) is 3.03. The number of nitrogens with one attached hydrogen (secondary N) is 1. The van der Waals surface area contributed by atoms with Crippen LogP contribution < -0.4 is 11.1 Å². The number of nitrogens with two attached hydrogens (primary N) is 1. The highest BCUT2D eigenvalue weighted by Crippen LogP contribution is 2.26. The third kappa shape index (κ3) is 6.34. The van der Waals surface area contributed by atoms with E-state index in [0.29, 0.717) is 25.1 Å². The fraction of sp³-hybridized carbons (Fsp3) is 0.706. The van der Waals surface area contributed by atoms with Crippen molar-refractivity contribution in [3.8, 4) is 0 Å². The quantitative estimate of drug-likeness (QED) is 0.687. The molecule has 1 aliphatic heterocycles. The number of carbonyl (C=O) groups is 2. The Balaban J connectivity index is 0.00000338. The number of aromatic nitrogens is 2. The summed E-state index contributed by atoms with van der Waals surface area (Å²) >= 11 is 0. The van der Waals surface area contributed by atoms with Crippen LogP contribution in [0.1, 0.15) is 26.7 Å². The Labute approximate surface area is 173 Å². The highest BCUT2D eigenvalue weighted by atomic mass is 35.5. The Morgan fingerprint density at radius 1 is 1.19 bits per heavy atom. The number of anilines is 1. The normalized spacial score (nSPS) is 14.9. The summed E-state index contributed by atoms with van der Waals surface area (Å²) in [7, 11) is 2.05. The lowest BCUT2D eigenvalue weighted by Crippen LogP contribution is -2.48. The van der Waals surface area contributed by atoms with E-state index in [9.17, 15) is 9.59 Å². The van der Waals surface area contributed by atoms with Gasteiger partial charge in [0.05, 0.1) is 17.3 Å². The molecule has 2 amide bonds. The molecule has 27 heavy (non-hydrogen) atoms. The second kappa shape index (κ2) is 11.5. The first-order chi connectivity index (χ1) is 11.9. The molecular weight excluding hydrogens is 391 g/mol. The van der Waals surface area contributed by atoms with Crippen molar-refractivity contribution in [3.63, 3.8) is 0 Å². The Morgan fingerprint density at radius 2 is 1.78 bits per heavy atom. The van der Waals surface area contributed by atoms with E-state index < -0.39 is 5.41 Å². The molecule has 0 bridgehead atoms. The van der Waals surface area contributed by atoms with Crippen LogP contribution in [0.5, 0.6) is 0 Å². The molecule has 0 aliphatic carbocycles. The van der Waals surface area contributed by atoms with E-state index in [4.69, 9.17) is 5.73 Å². The molecular formula is C17H32Cl2N6O2. The molecule has 10 heteroatoms. The van der Waals surface area contributed by atoms with Crippen molar-refractivity contribution >= 4 is 42.3 Å². The zero-order valence-corrected chi connectivity index (χ0v) is 17.9. The van der Waals surface area contributed by atoms with Crippen LogP contribution in [-0.4, -0.2) is 71.2 Å². The Kier molecular flexibility index (Phi) is 10.9. The number of carbonyl (C=O) groups excluding carboxylic acids is 2. The van der Waals surface area contributed by atoms with Gasteiger partial charge >= 0.3 is 0 Å². The maximum atomic E-state index is 12.5. The molecule has 3 N–H and O–H groups in total. The molecule has 0 unspecified atom stereocenters. The second-order valence-electron chi connectivity index (χ2n) is 6.76. The third-order valence-electron chi connectivity index (χ3n) is 5.27. The number of halogens is 2. The van der Waals surface area contributed by atoms with Crippen LogP contribution in [0.15, 0.2) is 12.4 Å². The van der Waals surface area contributed by atoms with Gasteiger partial charge in [-0.1, -0.05) is 13.8 Å². The minimum atomic E-state index is -0.558. The third-order valence-corrected chi connectivity index (χ3v) is 5.27. The van der Waals surface area contributed by atoms with E-state index >= 15 is 0 Å². The molecule has 1 aliphatic rings.